The van der Waals surface area contributed by atoms with Crippen molar-refractivity contribution in [3.63, 3.8) is 0 Å². The van der Waals surface area contributed by atoms with Crippen molar-refractivity contribution in [3.8, 4) is 0 Å². The number of hydrogen-bond donors (Lipinski definition) is 3. The Hall–Kier alpha value is -2.54. The molecule has 122 valence electrons. The van der Waals surface area contributed by atoms with Crippen LogP contribution in [0.2, 0.25) is 0 Å². The number of benzene rings is 1. The number of nitrogen functional groups attached to an aromatic ring is 1. The molecule has 24 heavy (non-hydrogen) atoms. The Morgan fingerprint density at radius 2 is 2.17 bits per heavy atom. The maximum Gasteiger partial charge on any atom is 0.141 e. The van der Waals surface area contributed by atoms with Crippen molar-refractivity contribution in [3.05, 3.63) is 40.7 Å². The first-order chi connectivity index (χ1) is 11.6. The minimum Gasteiger partial charge on any atom is -0.383 e. The van der Waals surface area contributed by atoms with E-state index in [0.29, 0.717) is 29.0 Å². The predicted octanol–water partition coefficient (Wildman–Crippen LogP) is 3.36. The fraction of sp³-hybridized carbons (Fsp3) is 0.294. The third-order valence-electron chi connectivity index (χ3n) is 4.36. The Kier molecular flexibility index (Phi) is 3.65. The summed E-state index contributed by atoms with van der Waals surface area (Å²) in [5.74, 6) is 0.982. The summed E-state index contributed by atoms with van der Waals surface area (Å²) in [6.45, 7) is 1.99. The van der Waals surface area contributed by atoms with E-state index in [1.165, 1.54) is 12.7 Å². The molecule has 0 radical (unpaired) electrons. The van der Waals surface area contributed by atoms with E-state index in [1.807, 2.05) is 25.1 Å². The summed E-state index contributed by atoms with van der Waals surface area (Å²) in [5, 5.41) is 13.1. The minimum absolute atomic E-state index is 0.331. The summed E-state index contributed by atoms with van der Waals surface area (Å²) < 4.78 is 1.07. The van der Waals surface area contributed by atoms with E-state index < -0.39 is 0 Å². The maximum atomic E-state index is 8.64. The van der Waals surface area contributed by atoms with Crippen LogP contribution in [-0.2, 0) is 0 Å². The minimum atomic E-state index is 0.331. The van der Waals surface area contributed by atoms with Gasteiger partial charge in [-0.3, -0.25) is 5.41 Å². The van der Waals surface area contributed by atoms with Gasteiger partial charge in [0.1, 0.15) is 18.0 Å². The smallest absolute Gasteiger partial charge is 0.141 e. The molecule has 2 aromatic heterocycles. The van der Waals surface area contributed by atoms with Crippen LogP contribution < -0.4 is 11.1 Å². The monoisotopic (exact) mass is 338 g/mol. The number of aromatic nitrogens is 3. The van der Waals surface area contributed by atoms with Crippen molar-refractivity contribution in [2.24, 2.45) is 0 Å². The molecule has 1 aliphatic carbocycles. The number of hydrogen-bond acceptors (Lipinski definition) is 7. The van der Waals surface area contributed by atoms with Crippen LogP contribution in [0.15, 0.2) is 24.5 Å². The molecular formula is C17H18N6S. The van der Waals surface area contributed by atoms with Gasteiger partial charge in [0.2, 0.25) is 0 Å². The number of rotatable bonds is 4. The summed E-state index contributed by atoms with van der Waals surface area (Å²) in [6, 6.07) is 6.25. The highest BCUT2D eigenvalue weighted by Crippen LogP contribution is 2.29. The molecule has 0 amide bonds. The summed E-state index contributed by atoms with van der Waals surface area (Å²) in [6.07, 6.45) is 4.93. The highest BCUT2D eigenvalue weighted by Gasteiger charge is 2.22. The fourth-order valence-electron chi connectivity index (χ4n) is 2.84. The van der Waals surface area contributed by atoms with Gasteiger partial charge < -0.3 is 11.1 Å². The van der Waals surface area contributed by atoms with Gasteiger partial charge in [0.05, 0.1) is 26.5 Å². The molecular weight excluding hydrogens is 320 g/mol. The molecule has 6 nitrogen and oxygen atoms in total. The first-order valence-corrected chi connectivity index (χ1v) is 8.77. The van der Waals surface area contributed by atoms with Crippen molar-refractivity contribution in [1.29, 1.82) is 5.41 Å². The molecule has 7 heteroatoms. The molecule has 0 spiro atoms. The lowest BCUT2D eigenvalue weighted by Crippen LogP contribution is -2.29. The second-order valence-corrected chi connectivity index (χ2v) is 7.28. The third-order valence-corrected chi connectivity index (χ3v) is 5.29. The van der Waals surface area contributed by atoms with E-state index in [4.69, 9.17) is 11.1 Å². The van der Waals surface area contributed by atoms with Gasteiger partial charge in [-0.2, -0.15) is 0 Å². The van der Waals surface area contributed by atoms with Crippen molar-refractivity contribution >= 4 is 38.9 Å². The van der Waals surface area contributed by atoms with Gasteiger partial charge >= 0.3 is 0 Å². The van der Waals surface area contributed by atoms with Crippen LogP contribution in [0.4, 0.5) is 11.6 Å². The molecule has 4 rings (SSSR count). The van der Waals surface area contributed by atoms with E-state index >= 15 is 0 Å². The van der Waals surface area contributed by atoms with E-state index in [2.05, 4.69) is 20.3 Å². The second kappa shape index (κ2) is 5.83. The number of fused-ring (bicyclic) bond motifs is 1. The molecule has 1 aliphatic rings. The summed E-state index contributed by atoms with van der Waals surface area (Å²) in [7, 11) is 0. The van der Waals surface area contributed by atoms with E-state index in [-0.39, 0.29) is 0 Å². The summed E-state index contributed by atoms with van der Waals surface area (Å²) in [5.41, 5.74) is 8.73. The lowest BCUT2D eigenvalue weighted by atomic mass is 9.92. The number of aryl methyl sites for hydroxylation is 1. The topological polar surface area (TPSA) is 101 Å². The maximum absolute atomic E-state index is 8.64. The van der Waals surface area contributed by atoms with E-state index in [0.717, 1.165) is 33.6 Å². The highest BCUT2D eigenvalue weighted by atomic mass is 32.1. The normalized spacial score (nSPS) is 14.5. The van der Waals surface area contributed by atoms with Crippen molar-refractivity contribution in [1.82, 2.24) is 15.0 Å². The van der Waals surface area contributed by atoms with Gasteiger partial charge in [0.25, 0.3) is 0 Å². The molecule has 2 heterocycles. The zero-order valence-electron chi connectivity index (χ0n) is 13.3. The average molecular weight is 338 g/mol. The number of nitrogens with zero attached hydrogens (tertiary/aromatic N) is 3. The molecule has 1 aromatic carbocycles. The molecule has 0 aliphatic heterocycles. The van der Waals surface area contributed by atoms with Crippen LogP contribution in [0.1, 0.15) is 35.4 Å². The lowest BCUT2D eigenvalue weighted by molar-refractivity contribution is 0.444. The second-order valence-electron chi connectivity index (χ2n) is 6.05. The van der Waals surface area contributed by atoms with E-state index in [1.54, 1.807) is 11.3 Å². The Bertz CT molecular complexity index is 928. The third kappa shape index (κ3) is 2.60. The average Bonchev–Trinajstić information content (AvgIpc) is 2.89. The quantitative estimate of drug-likeness (QED) is 0.633. The molecule has 0 unspecified atom stereocenters. The Labute approximate surface area is 143 Å². The number of anilines is 2. The molecule has 1 fully saturated rings. The molecule has 0 bridgehead atoms. The summed E-state index contributed by atoms with van der Waals surface area (Å²) >= 11 is 1.62. The summed E-state index contributed by atoms with van der Waals surface area (Å²) in [4.78, 5) is 12.9. The van der Waals surface area contributed by atoms with E-state index in [9.17, 15) is 0 Å². The van der Waals surface area contributed by atoms with Gasteiger partial charge in [0.15, 0.2) is 0 Å². The zero-order valence-corrected chi connectivity index (χ0v) is 14.2. The predicted molar refractivity (Wildman–Crippen MR) is 98.0 cm³/mol. The zero-order chi connectivity index (χ0) is 16.7. The molecule has 3 aromatic rings. The Morgan fingerprint density at radius 3 is 2.92 bits per heavy atom. The van der Waals surface area contributed by atoms with Crippen LogP contribution in [-0.4, -0.2) is 26.7 Å². The highest BCUT2D eigenvalue weighted by molar-refractivity contribution is 7.18. The van der Waals surface area contributed by atoms with Gasteiger partial charge in [-0.1, -0.05) is 6.07 Å². The van der Waals surface area contributed by atoms with Gasteiger partial charge in [-0.25, -0.2) is 15.0 Å². The fourth-order valence-corrected chi connectivity index (χ4v) is 3.71. The Balaban J connectivity index is 1.74. The lowest BCUT2D eigenvalue weighted by Gasteiger charge is -2.28. The number of nitrogens with one attached hydrogen (secondary N) is 2. The van der Waals surface area contributed by atoms with Crippen LogP contribution in [0.25, 0.3) is 10.2 Å². The van der Waals surface area contributed by atoms with Crippen molar-refractivity contribution in [2.45, 2.75) is 32.2 Å². The molecule has 1 saturated carbocycles. The van der Waals surface area contributed by atoms with Crippen molar-refractivity contribution in [2.75, 3.05) is 11.1 Å². The first-order valence-electron chi connectivity index (χ1n) is 7.95. The SMILES string of the molecule is Cc1nc2ccc(C(=N)c3c(N)ncnc3NC3CCC3)cc2s1. The van der Waals surface area contributed by atoms with Crippen LogP contribution in [0, 0.1) is 12.3 Å². The standard InChI is InChI=1S/C17H18N6S/c1-9-22-12-6-5-10(7-13(12)24-9)15(18)14-16(19)20-8-21-17(14)23-11-3-2-4-11/h5-8,11,18H,2-4H2,1H3,(H3,19,20,21,23). The van der Waals surface area contributed by atoms with Gasteiger partial charge in [-0.15, -0.1) is 11.3 Å². The largest absolute Gasteiger partial charge is 0.383 e. The first kappa shape index (κ1) is 15.0. The number of thiazole rings is 1. The van der Waals surface area contributed by atoms with Crippen molar-refractivity contribution < 1.29 is 0 Å². The number of nitrogens with two attached hydrogens (primary N) is 1. The molecule has 4 N–H and O–H groups in total. The van der Waals surface area contributed by atoms with Crippen LogP contribution in [0.5, 0.6) is 0 Å². The van der Waals surface area contributed by atoms with Gasteiger partial charge in [-0.05, 0) is 38.3 Å². The van der Waals surface area contributed by atoms with Gasteiger partial charge in [0, 0.05) is 11.6 Å². The molecule has 0 saturated heterocycles. The van der Waals surface area contributed by atoms with Crippen LogP contribution >= 0.6 is 11.3 Å². The molecule has 0 atom stereocenters. The van der Waals surface area contributed by atoms with Crippen LogP contribution in [0.3, 0.4) is 0 Å². The Morgan fingerprint density at radius 1 is 1.33 bits per heavy atom.